The van der Waals surface area contributed by atoms with Crippen molar-refractivity contribution in [2.45, 2.75) is 117 Å². The standard InChI is InChI=1S/C33H50N6O6/c1-4-9-29(10-6-7-17-34-23-40)21-38-31(43)37(20-27(5-2)14-13-26(3)18-35-24-41)32(44)39(33(38)45)22-30-12-8-11-28(15-16-30)19-36-25-42/h27-30H,3-22H2,1-2H3. The van der Waals surface area contributed by atoms with E-state index in [1.165, 1.54) is 19.8 Å². The lowest BCUT2D eigenvalue weighted by atomic mass is 9.96. The van der Waals surface area contributed by atoms with Crippen LogP contribution in [0.25, 0.3) is 0 Å². The van der Waals surface area contributed by atoms with Crippen molar-refractivity contribution in [1.82, 2.24) is 13.7 Å². The van der Waals surface area contributed by atoms with Gasteiger partial charge in [0, 0.05) is 19.6 Å². The predicted molar refractivity (Wildman–Crippen MR) is 173 cm³/mol. The third kappa shape index (κ3) is 12.7. The zero-order valence-corrected chi connectivity index (χ0v) is 27.1. The fraction of sp³-hybridized carbons (Fsp3) is 0.758. The summed E-state index contributed by atoms with van der Waals surface area (Å²) in [6.07, 6.45) is 15.0. The largest absolute Gasteiger partial charge is 0.336 e. The van der Waals surface area contributed by atoms with Crippen LogP contribution in [-0.4, -0.2) is 51.6 Å². The van der Waals surface area contributed by atoms with Crippen LogP contribution in [0.15, 0.2) is 41.5 Å². The van der Waals surface area contributed by atoms with Crippen molar-refractivity contribution in [3.05, 3.63) is 43.6 Å². The summed E-state index contributed by atoms with van der Waals surface area (Å²) in [6.45, 7) is 9.70. The van der Waals surface area contributed by atoms with Gasteiger partial charge in [0.1, 0.15) is 0 Å². The molecule has 2 rings (SSSR count). The molecule has 45 heavy (non-hydrogen) atoms. The number of aromatic nitrogens is 3. The first-order chi connectivity index (χ1) is 21.8. The quantitative estimate of drug-likeness (QED) is 0.0651. The van der Waals surface area contributed by atoms with Gasteiger partial charge in [-0.2, -0.15) is 0 Å². The lowest BCUT2D eigenvalue weighted by Crippen LogP contribution is -2.56. The summed E-state index contributed by atoms with van der Waals surface area (Å²) in [4.78, 5) is 84.1. The van der Waals surface area contributed by atoms with E-state index in [0.29, 0.717) is 32.4 Å². The average molecular weight is 627 g/mol. The van der Waals surface area contributed by atoms with Crippen molar-refractivity contribution in [3.8, 4) is 0 Å². The van der Waals surface area contributed by atoms with Gasteiger partial charge in [0.25, 0.3) is 0 Å². The zero-order valence-electron chi connectivity index (χ0n) is 27.1. The second-order valence-corrected chi connectivity index (χ2v) is 12.4. The van der Waals surface area contributed by atoms with Crippen molar-refractivity contribution >= 4 is 18.2 Å². The lowest BCUT2D eigenvalue weighted by molar-refractivity contribution is 0.299. The summed E-state index contributed by atoms with van der Waals surface area (Å²) in [5, 5.41) is 0. The van der Waals surface area contributed by atoms with Crippen LogP contribution in [-0.2, 0) is 34.0 Å². The Hall–Kier alpha value is -3.71. The number of hydrogen-bond donors (Lipinski definition) is 0. The minimum Gasteiger partial charge on any atom is -0.247 e. The van der Waals surface area contributed by atoms with Gasteiger partial charge in [-0.25, -0.2) is 57.4 Å². The molecule has 12 heteroatoms. The van der Waals surface area contributed by atoms with Gasteiger partial charge in [-0.3, -0.25) is 0 Å². The second-order valence-electron chi connectivity index (χ2n) is 12.4. The molecule has 0 spiro atoms. The van der Waals surface area contributed by atoms with Crippen LogP contribution in [0.2, 0.25) is 0 Å². The Morgan fingerprint density at radius 3 is 2.04 bits per heavy atom. The Bertz CT molecular complexity index is 1370. The first-order valence-corrected chi connectivity index (χ1v) is 16.5. The van der Waals surface area contributed by atoms with E-state index in [9.17, 15) is 28.8 Å². The molecular formula is C33H50N6O6. The Kier molecular flexibility index (Phi) is 17.6. The molecule has 4 atom stereocenters. The summed E-state index contributed by atoms with van der Waals surface area (Å²) >= 11 is 0. The maximum atomic E-state index is 13.9. The molecule has 1 aromatic heterocycles. The van der Waals surface area contributed by atoms with Crippen molar-refractivity contribution in [1.29, 1.82) is 0 Å². The van der Waals surface area contributed by atoms with E-state index in [0.717, 1.165) is 69.8 Å². The average Bonchev–Trinajstić information content (AvgIpc) is 3.27. The summed E-state index contributed by atoms with van der Waals surface area (Å²) in [5.41, 5.74) is -0.941. The third-order valence-corrected chi connectivity index (χ3v) is 9.07. The van der Waals surface area contributed by atoms with E-state index in [2.05, 4.69) is 28.5 Å². The van der Waals surface area contributed by atoms with Crippen molar-refractivity contribution < 1.29 is 14.4 Å². The monoisotopic (exact) mass is 626 g/mol. The van der Waals surface area contributed by atoms with Gasteiger partial charge in [-0.1, -0.05) is 51.7 Å². The minimum absolute atomic E-state index is 0.0198. The van der Waals surface area contributed by atoms with Crippen LogP contribution >= 0.6 is 0 Å². The SMILES string of the molecule is C=C(CCC(CC)Cn1c(=O)n(CC(CCC)CCCCN=C=O)c(=O)n(CC2CCCC(CN=C=O)CC2)c1=O)CN=C=O. The molecule has 0 N–H and O–H groups in total. The Labute approximate surface area is 265 Å². The highest BCUT2D eigenvalue weighted by Crippen LogP contribution is 2.28. The van der Waals surface area contributed by atoms with Crippen LogP contribution in [0.3, 0.4) is 0 Å². The molecule has 1 saturated carbocycles. The number of nitrogens with zero attached hydrogens (tertiary/aromatic N) is 6. The molecule has 4 unspecified atom stereocenters. The molecule has 0 aliphatic heterocycles. The van der Waals surface area contributed by atoms with Gasteiger partial charge in [-0.05, 0) is 81.5 Å². The molecule has 0 amide bonds. The van der Waals surface area contributed by atoms with Gasteiger partial charge in [0.15, 0.2) is 0 Å². The molecule has 1 aliphatic rings. The summed E-state index contributed by atoms with van der Waals surface area (Å²) in [7, 11) is 0. The highest BCUT2D eigenvalue weighted by Gasteiger charge is 2.24. The summed E-state index contributed by atoms with van der Waals surface area (Å²) in [5.74, 6) is 0.408. The fourth-order valence-corrected chi connectivity index (χ4v) is 6.37. The third-order valence-electron chi connectivity index (χ3n) is 9.07. The van der Waals surface area contributed by atoms with E-state index >= 15 is 0 Å². The highest BCUT2D eigenvalue weighted by molar-refractivity contribution is 5.33. The van der Waals surface area contributed by atoms with E-state index in [1.807, 2.05) is 6.92 Å². The van der Waals surface area contributed by atoms with Gasteiger partial charge in [-0.15, -0.1) is 0 Å². The summed E-state index contributed by atoms with van der Waals surface area (Å²) < 4.78 is 3.76. The van der Waals surface area contributed by atoms with Crippen LogP contribution < -0.4 is 17.1 Å². The van der Waals surface area contributed by atoms with Crippen LogP contribution in [0.5, 0.6) is 0 Å². The van der Waals surface area contributed by atoms with Gasteiger partial charge < -0.3 is 0 Å². The molecule has 248 valence electrons. The number of isocyanates is 3. The summed E-state index contributed by atoms with van der Waals surface area (Å²) in [6, 6.07) is 0. The minimum atomic E-state index is -0.580. The van der Waals surface area contributed by atoms with E-state index in [4.69, 9.17) is 0 Å². The molecule has 0 aromatic carbocycles. The van der Waals surface area contributed by atoms with Crippen LogP contribution in [0.4, 0.5) is 0 Å². The molecule has 1 fully saturated rings. The number of unbranched alkanes of at least 4 members (excludes halogenated alkanes) is 1. The van der Waals surface area contributed by atoms with Gasteiger partial charge >= 0.3 is 17.1 Å². The molecule has 12 nitrogen and oxygen atoms in total. The maximum absolute atomic E-state index is 13.9. The van der Waals surface area contributed by atoms with E-state index in [1.54, 1.807) is 12.2 Å². The van der Waals surface area contributed by atoms with Gasteiger partial charge in [0.2, 0.25) is 18.2 Å². The lowest BCUT2D eigenvalue weighted by Gasteiger charge is -2.23. The topological polar surface area (TPSA) is 154 Å². The second kappa shape index (κ2) is 21.1. The van der Waals surface area contributed by atoms with Crippen molar-refractivity contribution in [2.75, 3.05) is 19.6 Å². The molecular weight excluding hydrogens is 576 g/mol. The Morgan fingerprint density at radius 2 is 1.40 bits per heavy atom. The first-order valence-electron chi connectivity index (χ1n) is 16.5. The first kappa shape index (κ1) is 37.5. The molecule has 1 heterocycles. The molecule has 0 bridgehead atoms. The van der Waals surface area contributed by atoms with Crippen LogP contribution in [0.1, 0.15) is 97.3 Å². The maximum Gasteiger partial charge on any atom is 0.336 e. The highest BCUT2D eigenvalue weighted by atomic mass is 16.2. The van der Waals surface area contributed by atoms with Crippen molar-refractivity contribution in [3.63, 3.8) is 0 Å². The normalized spacial score (nSPS) is 17.6. The van der Waals surface area contributed by atoms with Crippen molar-refractivity contribution in [2.24, 2.45) is 38.6 Å². The molecule has 0 radical (unpaired) electrons. The number of hydrogen-bond acceptors (Lipinski definition) is 9. The Balaban J connectivity index is 2.44. The smallest absolute Gasteiger partial charge is 0.247 e. The molecule has 1 aromatic rings. The predicted octanol–water partition coefficient (Wildman–Crippen LogP) is 4.32. The van der Waals surface area contributed by atoms with E-state index in [-0.39, 0.29) is 49.9 Å². The molecule has 0 saturated heterocycles. The zero-order chi connectivity index (χ0) is 33.0. The number of aliphatic imine (C=N–C) groups is 3. The van der Waals surface area contributed by atoms with Crippen LogP contribution in [0, 0.1) is 23.7 Å². The Morgan fingerprint density at radius 1 is 0.778 bits per heavy atom. The fourth-order valence-electron chi connectivity index (χ4n) is 6.37. The molecule has 1 aliphatic carbocycles. The number of carbonyl (C=O) groups excluding carboxylic acids is 3. The van der Waals surface area contributed by atoms with E-state index < -0.39 is 17.1 Å². The van der Waals surface area contributed by atoms with Gasteiger partial charge in [0.05, 0.1) is 19.6 Å². The number of rotatable bonds is 21.